The van der Waals surface area contributed by atoms with Crippen LogP contribution in [0.5, 0.6) is 11.5 Å². The maximum atomic E-state index is 12.9. The van der Waals surface area contributed by atoms with Crippen molar-refractivity contribution >= 4 is 18.0 Å². The van der Waals surface area contributed by atoms with Crippen LogP contribution in [-0.4, -0.2) is 70.9 Å². The maximum Gasteiger partial charge on any atom is 0.410 e. The summed E-state index contributed by atoms with van der Waals surface area (Å²) in [7, 11) is 0. The van der Waals surface area contributed by atoms with Crippen LogP contribution in [0.15, 0.2) is 18.2 Å². The predicted octanol–water partition coefficient (Wildman–Crippen LogP) is 1.56. The second-order valence-corrected chi connectivity index (χ2v) is 7.35. The Balaban J connectivity index is 1.75. The van der Waals surface area contributed by atoms with Crippen LogP contribution in [0, 0.1) is 0 Å². The number of ether oxygens (including phenoxy) is 3. The van der Waals surface area contributed by atoms with Gasteiger partial charge in [-0.05, 0) is 39.0 Å². The standard InChI is InChI=1S/C18H22N2O7/c1-18(2,3)27-17(24)19-6-7-20(12(9-19)16(22)23)15(21)11-4-5-13-14(8-11)26-10-25-13/h4-5,8,12H,6-7,9-10H2,1-3H3,(H,22,23). The molecule has 0 radical (unpaired) electrons. The van der Waals surface area contributed by atoms with Gasteiger partial charge in [0.2, 0.25) is 6.79 Å². The summed E-state index contributed by atoms with van der Waals surface area (Å²) < 4.78 is 15.8. The minimum Gasteiger partial charge on any atom is -0.480 e. The zero-order chi connectivity index (χ0) is 19.8. The number of carbonyl (C=O) groups is 3. The Morgan fingerprint density at radius 2 is 1.85 bits per heavy atom. The van der Waals surface area contributed by atoms with E-state index in [2.05, 4.69) is 0 Å². The Morgan fingerprint density at radius 3 is 2.52 bits per heavy atom. The van der Waals surface area contributed by atoms with Gasteiger partial charge < -0.3 is 29.1 Å². The van der Waals surface area contributed by atoms with Gasteiger partial charge in [-0.1, -0.05) is 0 Å². The van der Waals surface area contributed by atoms with E-state index in [9.17, 15) is 19.5 Å². The molecule has 0 bridgehead atoms. The van der Waals surface area contributed by atoms with Crippen LogP contribution in [0.3, 0.4) is 0 Å². The maximum absolute atomic E-state index is 12.9. The monoisotopic (exact) mass is 378 g/mol. The second-order valence-electron chi connectivity index (χ2n) is 7.35. The van der Waals surface area contributed by atoms with Gasteiger partial charge in [0.25, 0.3) is 5.91 Å². The molecule has 1 fully saturated rings. The van der Waals surface area contributed by atoms with Gasteiger partial charge in [-0.3, -0.25) is 4.79 Å². The number of rotatable bonds is 2. The summed E-state index contributed by atoms with van der Waals surface area (Å²) in [6, 6.07) is 3.55. The van der Waals surface area contributed by atoms with E-state index >= 15 is 0 Å². The Bertz CT molecular complexity index is 771. The van der Waals surface area contributed by atoms with Gasteiger partial charge in [-0.25, -0.2) is 9.59 Å². The van der Waals surface area contributed by atoms with Crippen molar-refractivity contribution in [3.05, 3.63) is 23.8 Å². The van der Waals surface area contributed by atoms with Crippen LogP contribution < -0.4 is 9.47 Å². The summed E-state index contributed by atoms with van der Waals surface area (Å²) >= 11 is 0. The zero-order valence-electron chi connectivity index (χ0n) is 15.4. The number of hydrogen-bond donors (Lipinski definition) is 1. The fourth-order valence-corrected chi connectivity index (χ4v) is 2.93. The summed E-state index contributed by atoms with van der Waals surface area (Å²) in [6.45, 7) is 5.43. The number of nitrogens with zero attached hydrogens (tertiary/aromatic N) is 2. The number of amides is 2. The highest BCUT2D eigenvalue weighted by Crippen LogP contribution is 2.33. The van der Waals surface area contributed by atoms with Crippen molar-refractivity contribution in [2.75, 3.05) is 26.4 Å². The molecule has 2 amide bonds. The van der Waals surface area contributed by atoms with Crippen molar-refractivity contribution in [1.82, 2.24) is 9.80 Å². The number of carboxylic acids is 1. The van der Waals surface area contributed by atoms with E-state index in [4.69, 9.17) is 14.2 Å². The van der Waals surface area contributed by atoms with Gasteiger partial charge in [-0.2, -0.15) is 0 Å². The Labute approximate surface area is 156 Å². The lowest BCUT2D eigenvalue weighted by molar-refractivity contribution is -0.144. The molecule has 0 aromatic heterocycles. The lowest BCUT2D eigenvalue weighted by atomic mass is 10.1. The van der Waals surface area contributed by atoms with Gasteiger partial charge in [0, 0.05) is 18.7 Å². The van der Waals surface area contributed by atoms with E-state index in [1.54, 1.807) is 32.9 Å². The average molecular weight is 378 g/mol. The number of piperazine rings is 1. The third-order valence-electron chi connectivity index (χ3n) is 4.20. The number of fused-ring (bicyclic) bond motifs is 1. The molecule has 1 unspecified atom stereocenters. The van der Waals surface area contributed by atoms with Crippen molar-refractivity contribution in [3.63, 3.8) is 0 Å². The molecule has 146 valence electrons. The lowest BCUT2D eigenvalue weighted by Gasteiger charge is -2.39. The molecule has 9 heteroatoms. The number of aliphatic carboxylic acids is 1. The van der Waals surface area contributed by atoms with Crippen molar-refractivity contribution < 1.29 is 33.7 Å². The summed E-state index contributed by atoms with van der Waals surface area (Å²) in [5.74, 6) is -0.641. The SMILES string of the molecule is CC(C)(C)OC(=O)N1CCN(C(=O)c2ccc3c(c2)OCO3)C(C(=O)O)C1. The van der Waals surface area contributed by atoms with E-state index in [-0.39, 0.29) is 26.4 Å². The Hall–Kier alpha value is -2.97. The average Bonchev–Trinajstić information content (AvgIpc) is 3.06. The predicted molar refractivity (Wildman–Crippen MR) is 92.8 cm³/mol. The quantitative estimate of drug-likeness (QED) is 0.832. The van der Waals surface area contributed by atoms with Crippen LogP contribution >= 0.6 is 0 Å². The minimum atomic E-state index is -1.18. The third kappa shape index (κ3) is 4.07. The van der Waals surface area contributed by atoms with Crippen LogP contribution in [0.25, 0.3) is 0 Å². The van der Waals surface area contributed by atoms with Crippen molar-refractivity contribution in [2.45, 2.75) is 32.4 Å². The summed E-state index contributed by atoms with van der Waals surface area (Å²) in [5, 5.41) is 9.57. The first kappa shape index (κ1) is 18.8. The fourth-order valence-electron chi connectivity index (χ4n) is 2.93. The van der Waals surface area contributed by atoms with Gasteiger partial charge in [-0.15, -0.1) is 0 Å². The first-order valence-electron chi connectivity index (χ1n) is 8.57. The normalized spacial score (nSPS) is 19.0. The van der Waals surface area contributed by atoms with E-state index < -0.39 is 29.6 Å². The van der Waals surface area contributed by atoms with E-state index in [0.717, 1.165) is 0 Å². The smallest absolute Gasteiger partial charge is 0.410 e. The second kappa shape index (κ2) is 6.98. The molecular weight excluding hydrogens is 356 g/mol. The van der Waals surface area contributed by atoms with Crippen LogP contribution in [0.1, 0.15) is 31.1 Å². The number of carboxylic acid groups (broad SMARTS) is 1. The summed E-state index contributed by atoms with van der Waals surface area (Å²) in [4.78, 5) is 39.4. The van der Waals surface area contributed by atoms with E-state index in [1.165, 1.54) is 15.9 Å². The fraction of sp³-hybridized carbons (Fsp3) is 0.500. The molecule has 1 aromatic carbocycles. The molecule has 0 saturated carbocycles. The molecule has 9 nitrogen and oxygen atoms in total. The van der Waals surface area contributed by atoms with Gasteiger partial charge >= 0.3 is 12.1 Å². The first-order chi connectivity index (χ1) is 12.7. The molecule has 0 spiro atoms. The highest BCUT2D eigenvalue weighted by Gasteiger charge is 2.38. The highest BCUT2D eigenvalue weighted by atomic mass is 16.7. The van der Waals surface area contributed by atoms with Crippen molar-refractivity contribution in [1.29, 1.82) is 0 Å². The lowest BCUT2D eigenvalue weighted by Crippen LogP contribution is -2.59. The molecular formula is C18H22N2O7. The zero-order valence-corrected chi connectivity index (χ0v) is 15.4. The molecule has 3 rings (SSSR count). The van der Waals surface area contributed by atoms with Crippen molar-refractivity contribution in [2.24, 2.45) is 0 Å². The number of carbonyl (C=O) groups excluding carboxylic acids is 2. The topological polar surface area (TPSA) is 106 Å². The van der Waals surface area contributed by atoms with Gasteiger partial charge in [0.1, 0.15) is 11.6 Å². The first-order valence-corrected chi connectivity index (χ1v) is 8.57. The number of hydrogen-bond acceptors (Lipinski definition) is 6. The van der Waals surface area contributed by atoms with Gasteiger partial charge in [0.15, 0.2) is 11.5 Å². The van der Waals surface area contributed by atoms with Crippen LogP contribution in [0.4, 0.5) is 4.79 Å². The Kier molecular flexibility index (Phi) is 4.86. The highest BCUT2D eigenvalue weighted by molar-refractivity contribution is 5.97. The largest absolute Gasteiger partial charge is 0.480 e. The van der Waals surface area contributed by atoms with Crippen LogP contribution in [-0.2, 0) is 9.53 Å². The third-order valence-corrected chi connectivity index (χ3v) is 4.20. The molecule has 1 N–H and O–H groups in total. The summed E-state index contributed by atoms with van der Waals surface area (Å²) in [6.07, 6.45) is -0.594. The minimum absolute atomic E-state index is 0.0826. The van der Waals surface area contributed by atoms with Crippen molar-refractivity contribution in [3.8, 4) is 11.5 Å². The Morgan fingerprint density at radius 1 is 1.15 bits per heavy atom. The van der Waals surface area contributed by atoms with E-state index in [0.29, 0.717) is 17.1 Å². The van der Waals surface area contributed by atoms with Gasteiger partial charge in [0.05, 0.1) is 6.54 Å². The molecule has 1 saturated heterocycles. The molecule has 2 aliphatic heterocycles. The summed E-state index contributed by atoms with van der Waals surface area (Å²) in [5.41, 5.74) is -0.383. The molecule has 0 aliphatic carbocycles. The molecule has 1 atom stereocenters. The molecule has 2 aliphatic rings. The molecule has 1 aromatic rings. The van der Waals surface area contributed by atoms with Crippen LogP contribution in [0.2, 0.25) is 0 Å². The molecule has 2 heterocycles. The van der Waals surface area contributed by atoms with E-state index in [1.807, 2.05) is 0 Å². The molecule has 27 heavy (non-hydrogen) atoms. The number of benzene rings is 1.